The van der Waals surface area contributed by atoms with E-state index in [1.165, 1.54) is 139 Å². The summed E-state index contributed by atoms with van der Waals surface area (Å²) in [5.41, 5.74) is 44.1. The zero-order chi connectivity index (χ0) is 69.2. The Morgan fingerprint density at radius 1 is 0.300 bits per heavy atom. The third kappa shape index (κ3) is 26.4. The second-order valence-corrected chi connectivity index (χ2v) is 25.9. The average Bonchev–Trinajstić information content (AvgIpc) is 0.827. The molecule has 0 amide bonds. The van der Waals surface area contributed by atoms with Crippen LogP contribution in [0.15, 0.2) is 60.0 Å². The smallest absolute Gasteiger partial charge is 0.0402 e. The molecule has 532 valence electrons. The SMILES string of the molecule is C.C.C.C.CC(=[C-]c1cc(C)c(C)c(C)c1)Nc1[c-]c(C)c(C)c(C)c1C.CC(=[C-]c1cc(C)c(C)c(C)c1)Oc1[c-]c(C)c(C)c(C)c1C.C[C-]=C(Nc1[c-]c(C)c(C)c(C)c1C)c1cc(C)c(C)c(C)c1.C[C-]=C(Oc1[c-]c(C)c(C)c(C)c1C)c1cc(C)c(C)c(C)c1.[Y].[Y].[Y].[Y]. The molecule has 100 heavy (non-hydrogen) atoms. The molecule has 0 bridgehead atoms. The van der Waals surface area contributed by atoms with E-state index >= 15 is 0 Å². The van der Waals surface area contributed by atoms with Crippen LogP contribution in [0.3, 0.4) is 0 Å². The molecule has 0 aromatic heterocycles. The molecule has 0 saturated carbocycles. The summed E-state index contributed by atoms with van der Waals surface area (Å²) in [4.78, 5) is 0. The Morgan fingerprint density at radius 2 is 0.580 bits per heavy atom. The number of rotatable bonds is 12. The first-order valence-corrected chi connectivity index (χ1v) is 32.4. The van der Waals surface area contributed by atoms with Gasteiger partial charge < -0.3 is 20.1 Å². The van der Waals surface area contributed by atoms with Gasteiger partial charge in [-0.1, -0.05) is 213 Å². The monoisotopic (exact) mass is 1640 g/mol. The second kappa shape index (κ2) is 45.6. The van der Waals surface area contributed by atoms with Crippen LogP contribution in [0.25, 0.3) is 11.5 Å². The van der Waals surface area contributed by atoms with Gasteiger partial charge in [0.25, 0.3) is 0 Å². The summed E-state index contributed by atoms with van der Waals surface area (Å²) in [6.45, 7) is 67.7. The Labute approximate surface area is 714 Å². The normalized spacial score (nSPS) is 10.8. The van der Waals surface area contributed by atoms with E-state index in [2.05, 4.69) is 309 Å². The molecule has 4 nitrogen and oxygen atoms in total. The number of benzene rings is 8. The van der Waals surface area contributed by atoms with Gasteiger partial charge >= 0.3 is 0 Å². The average molecular weight is 1640 g/mol. The van der Waals surface area contributed by atoms with Gasteiger partial charge in [0.15, 0.2) is 0 Å². The molecule has 8 aromatic carbocycles. The molecule has 0 aliphatic heterocycles. The van der Waals surface area contributed by atoms with Crippen LogP contribution in [0.4, 0.5) is 11.4 Å². The summed E-state index contributed by atoms with van der Waals surface area (Å²) < 4.78 is 12.2. The van der Waals surface area contributed by atoms with Gasteiger partial charge in [0.05, 0.1) is 0 Å². The minimum Gasteiger partial charge on any atom is -0.521 e. The predicted octanol–water partition coefficient (Wildman–Crippen LogP) is 25.9. The molecule has 0 spiro atoms. The van der Waals surface area contributed by atoms with Crippen molar-refractivity contribution in [3.05, 3.63) is 287 Å². The van der Waals surface area contributed by atoms with Gasteiger partial charge in [-0.15, -0.1) is 112 Å². The van der Waals surface area contributed by atoms with Gasteiger partial charge in [0, 0.05) is 148 Å². The summed E-state index contributed by atoms with van der Waals surface area (Å²) in [5, 5.41) is 7.02. The maximum atomic E-state index is 6.20. The van der Waals surface area contributed by atoms with E-state index in [1.807, 2.05) is 20.8 Å². The zero-order valence-electron chi connectivity index (χ0n) is 64.7. The number of aryl methyl sites for hydroxylation is 12. The van der Waals surface area contributed by atoms with Gasteiger partial charge in [0.1, 0.15) is 0 Å². The second-order valence-electron chi connectivity index (χ2n) is 25.9. The van der Waals surface area contributed by atoms with Crippen LogP contribution in [0.2, 0.25) is 0 Å². The van der Waals surface area contributed by atoms with E-state index in [0.717, 1.165) is 84.7 Å². The maximum Gasteiger partial charge on any atom is 0.0402 e. The van der Waals surface area contributed by atoms with Crippen molar-refractivity contribution in [2.24, 2.45) is 0 Å². The zero-order valence-corrected chi connectivity index (χ0v) is 76.1. The fraction of sp³-hybridized carbons (Fsp3) is 0.391. The Morgan fingerprint density at radius 3 is 0.910 bits per heavy atom. The minimum atomic E-state index is 0. The van der Waals surface area contributed by atoms with Crippen molar-refractivity contribution >= 4 is 22.8 Å². The largest absolute Gasteiger partial charge is 0.521 e. The van der Waals surface area contributed by atoms with Gasteiger partial charge in [-0.2, -0.15) is 126 Å². The molecule has 0 heterocycles. The van der Waals surface area contributed by atoms with E-state index in [-0.39, 0.29) is 161 Å². The van der Waals surface area contributed by atoms with Crippen molar-refractivity contribution in [2.75, 3.05) is 10.6 Å². The summed E-state index contributed by atoms with van der Waals surface area (Å²) in [6, 6.07) is 31.1. The molecule has 8 heteroatoms. The van der Waals surface area contributed by atoms with Crippen LogP contribution in [0.1, 0.15) is 235 Å². The molecule has 0 atom stereocenters. The topological polar surface area (TPSA) is 42.5 Å². The fourth-order valence-corrected chi connectivity index (χ4v) is 11.0. The summed E-state index contributed by atoms with van der Waals surface area (Å²) in [6.07, 6.45) is 13.3. The first-order valence-electron chi connectivity index (χ1n) is 32.4. The van der Waals surface area contributed by atoms with Crippen molar-refractivity contribution in [3.8, 4) is 11.5 Å². The quantitative estimate of drug-likeness (QED) is 0.0945. The Balaban J connectivity index is -0.000000598. The molecule has 2 N–H and O–H groups in total. The van der Waals surface area contributed by atoms with Crippen molar-refractivity contribution in [1.29, 1.82) is 0 Å². The van der Waals surface area contributed by atoms with E-state index in [9.17, 15) is 0 Å². The van der Waals surface area contributed by atoms with Crippen molar-refractivity contribution in [2.45, 2.75) is 251 Å². The molecule has 0 aliphatic carbocycles. The van der Waals surface area contributed by atoms with Crippen LogP contribution in [-0.2, 0) is 131 Å². The molecule has 0 unspecified atom stereocenters. The van der Waals surface area contributed by atoms with Gasteiger partial charge in [-0.05, 0) is 91.8 Å². The molecule has 0 fully saturated rings. The van der Waals surface area contributed by atoms with E-state index in [1.54, 1.807) is 0 Å². The number of hydrogen-bond donors (Lipinski definition) is 2. The number of anilines is 2. The summed E-state index contributed by atoms with van der Waals surface area (Å²) >= 11 is 0. The van der Waals surface area contributed by atoms with Crippen molar-refractivity contribution in [3.63, 3.8) is 0 Å². The molecule has 0 aliphatic rings. The summed E-state index contributed by atoms with van der Waals surface area (Å²) in [7, 11) is 0. The predicted molar refractivity (Wildman–Crippen MR) is 423 cm³/mol. The van der Waals surface area contributed by atoms with Crippen molar-refractivity contribution < 1.29 is 140 Å². The molecule has 8 aromatic rings. The number of allylic oxidation sites excluding steroid dienone is 4. The standard InChI is InChI=1S/2C22H27N.2C22H26O.4CH4.4Y/c1-13-9-21(10-14(2)17(13)5)12-16(4)23-22-11-15(3)18(6)19(7)20(22)8;1-9-21(20-10-13(2)16(5)14(3)11-20)23-22-12-15(4)17(6)18(7)19(22)8;1-13-9-21(10-14(2)17(13)5)12-16(4)23-22-11-15(3)18(6)19(7)20(22)8;1-9-21(20-10-13(2)16(5)14(3)11-20)23-22-12-15(4)17(6)18(7)19(22)8;;;;;;;;/h9-10,23H,1-8H3;10-11,23H,1-8H3;9-10H,1-8H3;10-11H,1-8H3;4*1H4;;;;/q4*-2;;;;;;;;. The van der Waals surface area contributed by atoms with Gasteiger partial charge in [-0.3, -0.25) is 6.08 Å². The number of hydrogen-bond acceptors (Lipinski definition) is 4. The molecule has 8 rings (SSSR count). The number of nitrogens with one attached hydrogen (secondary N) is 2. The summed E-state index contributed by atoms with van der Waals surface area (Å²) in [5.74, 6) is 3.12. The molecular weight excluding hydrogens is 1520 g/mol. The van der Waals surface area contributed by atoms with E-state index in [0.29, 0.717) is 0 Å². The van der Waals surface area contributed by atoms with Crippen LogP contribution in [0.5, 0.6) is 11.5 Å². The third-order valence-electron chi connectivity index (χ3n) is 19.8. The van der Waals surface area contributed by atoms with Crippen LogP contribution < -0.4 is 20.1 Å². The first kappa shape index (κ1) is 103. The molecular formula is C92H122N2O2Y4-8. The maximum absolute atomic E-state index is 6.20. The fourth-order valence-electron chi connectivity index (χ4n) is 11.0. The molecule has 4 radical (unpaired) electrons. The van der Waals surface area contributed by atoms with Gasteiger partial charge in [-0.25, -0.2) is 6.08 Å². The van der Waals surface area contributed by atoms with E-state index in [4.69, 9.17) is 9.47 Å². The van der Waals surface area contributed by atoms with Crippen LogP contribution >= 0.6 is 0 Å². The first-order chi connectivity index (χ1) is 42.9. The Hall–Kier alpha value is -3.66. The van der Waals surface area contributed by atoms with Crippen molar-refractivity contribution in [1.82, 2.24) is 0 Å². The number of ether oxygens (including phenoxy) is 2. The van der Waals surface area contributed by atoms with Crippen LogP contribution in [0, 0.1) is 242 Å². The Kier molecular flexibility index (Phi) is 46.9. The third-order valence-corrected chi connectivity index (χ3v) is 19.8. The van der Waals surface area contributed by atoms with Gasteiger partial charge in [0.2, 0.25) is 0 Å². The Bertz CT molecular complexity index is 3860. The molecule has 0 saturated heterocycles. The minimum absolute atomic E-state index is 0. The van der Waals surface area contributed by atoms with E-state index < -0.39 is 0 Å². The van der Waals surface area contributed by atoms with Crippen LogP contribution in [-0.4, -0.2) is 0 Å².